The summed E-state index contributed by atoms with van der Waals surface area (Å²) in [5.74, 6) is -0.608. The van der Waals surface area contributed by atoms with Gasteiger partial charge in [-0.2, -0.15) is 8.42 Å². The van der Waals surface area contributed by atoms with E-state index in [0.29, 0.717) is 12.2 Å². The first kappa shape index (κ1) is 17.2. The Labute approximate surface area is 143 Å². The van der Waals surface area contributed by atoms with Crippen molar-refractivity contribution in [2.75, 3.05) is 17.5 Å². The third-order valence-corrected chi connectivity index (χ3v) is 6.05. The van der Waals surface area contributed by atoms with Gasteiger partial charge in [-0.15, -0.1) is 0 Å². The van der Waals surface area contributed by atoms with Crippen molar-refractivity contribution in [3.8, 4) is 0 Å². The zero-order valence-corrected chi connectivity index (χ0v) is 14.6. The first-order chi connectivity index (χ1) is 11.6. The Hall–Kier alpha value is -1.60. The average molecular weight is 352 g/mol. The van der Waals surface area contributed by atoms with E-state index < -0.39 is 16.1 Å². The molecule has 2 aliphatic rings. The van der Waals surface area contributed by atoms with Gasteiger partial charge < -0.3 is 4.74 Å². The van der Waals surface area contributed by atoms with Gasteiger partial charge in [0.1, 0.15) is 6.61 Å². The molecule has 132 valence electrons. The maximum atomic E-state index is 12.5. The Morgan fingerprint density at radius 3 is 2.71 bits per heavy atom. The van der Waals surface area contributed by atoms with E-state index in [9.17, 15) is 13.2 Å². The number of nitrogens with one attached hydrogen (secondary N) is 1. The molecule has 7 heteroatoms. The molecule has 1 aliphatic heterocycles. The number of amides is 1. The summed E-state index contributed by atoms with van der Waals surface area (Å²) in [5.41, 5.74) is 1.64. The number of nitrogens with zero attached hydrogens (tertiary/aromatic N) is 1. The van der Waals surface area contributed by atoms with Gasteiger partial charge in [0, 0.05) is 6.54 Å². The smallest absolute Gasteiger partial charge is 0.326 e. The van der Waals surface area contributed by atoms with E-state index in [4.69, 9.17) is 4.74 Å². The summed E-state index contributed by atoms with van der Waals surface area (Å²) in [6, 6.07) is 7.40. The SMILES string of the molecule is O=C(COC1CCCCC1)NS(=O)(=O)N1CCCc2ccccc21. The fourth-order valence-corrected chi connectivity index (χ4v) is 4.67. The number of hydrogen-bond acceptors (Lipinski definition) is 4. The highest BCUT2D eigenvalue weighted by atomic mass is 32.2. The molecule has 24 heavy (non-hydrogen) atoms. The van der Waals surface area contributed by atoms with Crippen molar-refractivity contribution in [2.24, 2.45) is 0 Å². The van der Waals surface area contributed by atoms with Crippen LogP contribution in [-0.2, 0) is 26.2 Å². The van der Waals surface area contributed by atoms with Crippen LogP contribution in [0.15, 0.2) is 24.3 Å². The summed E-state index contributed by atoms with van der Waals surface area (Å²) in [4.78, 5) is 12.0. The normalized spacial score (nSPS) is 18.9. The molecule has 1 N–H and O–H groups in total. The summed E-state index contributed by atoms with van der Waals surface area (Å²) >= 11 is 0. The molecule has 0 spiro atoms. The fraction of sp³-hybridized carbons (Fsp3) is 0.588. The van der Waals surface area contributed by atoms with Crippen LogP contribution in [0.4, 0.5) is 5.69 Å². The monoisotopic (exact) mass is 352 g/mol. The molecule has 0 saturated heterocycles. The molecule has 0 unspecified atom stereocenters. The highest BCUT2D eigenvalue weighted by molar-refractivity contribution is 7.91. The average Bonchev–Trinajstić information content (AvgIpc) is 2.60. The molecule has 1 aromatic carbocycles. The van der Waals surface area contributed by atoms with Crippen LogP contribution in [0.1, 0.15) is 44.1 Å². The van der Waals surface area contributed by atoms with Gasteiger partial charge in [-0.25, -0.2) is 4.72 Å². The Morgan fingerprint density at radius 2 is 1.92 bits per heavy atom. The number of carbonyl (C=O) groups is 1. The Balaban J connectivity index is 1.60. The number of fused-ring (bicyclic) bond motifs is 1. The molecular weight excluding hydrogens is 328 g/mol. The van der Waals surface area contributed by atoms with E-state index in [2.05, 4.69) is 4.72 Å². The van der Waals surface area contributed by atoms with Crippen LogP contribution in [-0.4, -0.2) is 33.6 Å². The number of carbonyl (C=O) groups excluding carboxylic acids is 1. The molecule has 1 aliphatic carbocycles. The molecule has 3 rings (SSSR count). The molecule has 1 aromatic rings. The molecule has 0 radical (unpaired) electrons. The third-order valence-electron chi connectivity index (χ3n) is 4.60. The summed E-state index contributed by atoms with van der Waals surface area (Å²) in [5, 5.41) is 0. The third kappa shape index (κ3) is 4.08. The van der Waals surface area contributed by atoms with E-state index in [1.54, 1.807) is 12.1 Å². The van der Waals surface area contributed by atoms with Gasteiger partial charge in [-0.1, -0.05) is 37.5 Å². The zero-order valence-electron chi connectivity index (χ0n) is 13.7. The van der Waals surface area contributed by atoms with Gasteiger partial charge in [-0.05, 0) is 37.3 Å². The number of ether oxygens (including phenoxy) is 1. The zero-order chi connectivity index (χ0) is 17.0. The molecule has 0 atom stereocenters. The second-order valence-electron chi connectivity index (χ2n) is 6.41. The lowest BCUT2D eigenvalue weighted by atomic mass is 9.98. The van der Waals surface area contributed by atoms with Crippen molar-refractivity contribution in [3.05, 3.63) is 29.8 Å². The van der Waals surface area contributed by atoms with Gasteiger partial charge >= 0.3 is 10.2 Å². The Morgan fingerprint density at radius 1 is 1.17 bits per heavy atom. The predicted molar refractivity (Wildman–Crippen MR) is 92.0 cm³/mol. The fourth-order valence-electron chi connectivity index (χ4n) is 3.40. The van der Waals surface area contributed by atoms with Crippen molar-refractivity contribution in [1.82, 2.24) is 4.72 Å². The molecule has 1 fully saturated rings. The quantitative estimate of drug-likeness (QED) is 0.881. The lowest BCUT2D eigenvalue weighted by molar-refractivity contribution is -0.126. The predicted octanol–water partition coefficient (Wildman–Crippen LogP) is 2.15. The van der Waals surface area contributed by atoms with Crippen molar-refractivity contribution in [2.45, 2.75) is 51.0 Å². The molecule has 0 aromatic heterocycles. The van der Waals surface area contributed by atoms with Crippen LogP contribution in [0.3, 0.4) is 0 Å². The van der Waals surface area contributed by atoms with Crippen molar-refractivity contribution < 1.29 is 17.9 Å². The van der Waals surface area contributed by atoms with Crippen LogP contribution in [0.2, 0.25) is 0 Å². The minimum atomic E-state index is -3.90. The Bertz CT molecular complexity index is 684. The van der Waals surface area contributed by atoms with Gasteiger partial charge in [0.25, 0.3) is 5.91 Å². The highest BCUT2D eigenvalue weighted by Crippen LogP contribution is 2.28. The minimum Gasteiger partial charge on any atom is -0.368 e. The lowest BCUT2D eigenvalue weighted by Crippen LogP contribution is -2.47. The van der Waals surface area contributed by atoms with E-state index in [0.717, 1.165) is 44.1 Å². The van der Waals surface area contributed by atoms with E-state index in [1.807, 2.05) is 12.1 Å². The Kier molecular flexibility index (Phi) is 5.40. The van der Waals surface area contributed by atoms with Crippen LogP contribution in [0.25, 0.3) is 0 Å². The minimum absolute atomic E-state index is 0.0721. The number of aryl methyl sites for hydroxylation is 1. The molecule has 1 saturated carbocycles. The summed E-state index contributed by atoms with van der Waals surface area (Å²) in [7, 11) is -3.90. The second-order valence-corrected chi connectivity index (χ2v) is 8.00. The van der Waals surface area contributed by atoms with Crippen LogP contribution in [0.5, 0.6) is 0 Å². The van der Waals surface area contributed by atoms with Gasteiger partial charge in [0.2, 0.25) is 0 Å². The number of anilines is 1. The maximum Gasteiger partial charge on any atom is 0.326 e. The molecule has 6 nitrogen and oxygen atoms in total. The van der Waals surface area contributed by atoms with Crippen molar-refractivity contribution in [3.63, 3.8) is 0 Å². The van der Waals surface area contributed by atoms with E-state index >= 15 is 0 Å². The van der Waals surface area contributed by atoms with Gasteiger partial charge in [0.05, 0.1) is 11.8 Å². The van der Waals surface area contributed by atoms with Crippen LogP contribution in [0, 0.1) is 0 Å². The summed E-state index contributed by atoms with van der Waals surface area (Å²) in [6.07, 6.45) is 6.96. The van der Waals surface area contributed by atoms with E-state index in [1.165, 1.54) is 10.7 Å². The first-order valence-corrected chi connectivity index (χ1v) is 10.0. The van der Waals surface area contributed by atoms with Crippen molar-refractivity contribution >= 4 is 21.8 Å². The summed E-state index contributed by atoms with van der Waals surface area (Å²) in [6.45, 7) is 0.169. The van der Waals surface area contributed by atoms with Gasteiger partial charge in [-0.3, -0.25) is 9.10 Å². The molecular formula is C17H24N2O4S. The molecule has 1 heterocycles. The number of rotatable bonds is 5. The highest BCUT2D eigenvalue weighted by Gasteiger charge is 2.29. The molecule has 1 amide bonds. The standard InChI is InChI=1S/C17H24N2O4S/c20-17(13-23-15-9-2-1-3-10-15)18-24(21,22)19-12-6-8-14-7-4-5-11-16(14)19/h4-5,7,11,15H,1-3,6,8-10,12-13H2,(H,18,20). The number of para-hydroxylation sites is 1. The largest absolute Gasteiger partial charge is 0.368 e. The van der Waals surface area contributed by atoms with Crippen LogP contribution < -0.4 is 9.03 Å². The molecule has 0 bridgehead atoms. The van der Waals surface area contributed by atoms with Crippen molar-refractivity contribution in [1.29, 1.82) is 0 Å². The topological polar surface area (TPSA) is 75.7 Å². The second kappa shape index (κ2) is 7.53. The first-order valence-electron chi connectivity index (χ1n) is 8.59. The maximum absolute atomic E-state index is 12.5. The van der Waals surface area contributed by atoms with Crippen LogP contribution >= 0.6 is 0 Å². The number of hydrogen-bond donors (Lipinski definition) is 1. The number of benzene rings is 1. The summed E-state index contributed by atoms with van der Waals surface area (Å²) < 4.78 is 34.1. The van der Waals surface area contributed by atoms with E-state index in [-0.39, 0.29) is 12.7 Å². The van der Waals surface area contributed by atoms with Gasteiger partial charge in [0.15, 0.2) is 0 Å². The lowest BCUT2D eigenvalue weighted by Gasteiger charge is -2.30.